The zero-order valence-electron chi connectivity index (χ0n) is 22.1. The first kappa shape index (κ1) is 26.6. The van der Waals surface area contributed by atoms with Crippen molar-refractivity contribution in [3.05, 3.63) is 69.5 Å². The number of nitrogens with zero attached hydrogens (tertiary/aromatic N) is 4. The second kappa shape index (κ2) is 11.0. The number of aromatic nitrogens is 2. The molecule has 200 valence electrons. The topological polar surface area (TPSA) is 63.7 Å². The zero-order chi connectivity index (χ0) is 27.0. The number of fused-ring (bicyclic) bond motifs is 1. The monoisotopic (exact) mass is 554 g/mol. The fraction of sp³-hybridized carbons (Fsp3) is 0.379. The van der Waals surface area contributed by atoms with E-state index in [9.17, 15) is 4.79 Å². The lowest BCUT2D eigenvalue weighted by atomic mass is 9.98. The molecule has 9 heteroatoms. The Hall–Kier alpha value is -3.00. The van der Waals surface area contributed by atoms with Crippen LogP contribution in [-0.2, 0) is 18.2 Å². The van der Waals surface area contributed by atoms with Crippen LogP contribution in [0.25, 0.3) is 22.2 Å². The number of carbonyl (C=O) groups excluding carboxylic acids is 1. The van der Waals surface area contributed by atoms with Crippen molar-refractivity contribution in [1.82, 2.24) is 14.6 Å². The van der Waals surface area contributed by atoms with E-state index in [1.165, 1.54) is 7.11 Å². The number of rotatable bonds is 7. The molecular formula is C29H32Cl2N4O3. The number of benzene rings is 2. The number of ether oxygens (including phenoxy) is 1. The van der Waals surface area contributed by atoms with Gasteiger partial charge in [0.1, 0.15) is 11.5 Å². The molecule has 7 nitrogen and oxygen atoms in total. The number of piperazine rings is 1. The zero-order valence-corrected chi connectivity index (χ0v) is 23.6. The van der Waals surface area contributed by atoms with Gasteiger partial charge < -0.3 is 18.7 Å². The summed E-state index contributed by atoms with van der Waals surface area (Å²) in [5, 5.41) is 6.45. The molecule has 0 spiro atoms. The van der Waals surface area contributed by atoms with Crippen LogP contribution in [0.3, 0.4) is 0 Å². The Labute approximate surface area is 232 Å². The third kappa shape index (κ3) is 5.03. The highest BCUT2D eigenvalue weighted by atomic mass is 35.5. The third-order valence-electron chi connectivity index (χ3n) is 7.34. The Morgan fingerprint density at radius 1 is 1.11 bits per heavy atom. The van der Waals surface area contributed by atoms with Crippen molar-refractivity contribution in [1.29, 1.82) is 0 Å². The maximum atomic E-state index is 12.1. The molecule has 1 aliphatic rings. The predicted octanol–water partition coefficient (Wildman–Crippen LogP) is 6.41. The van der Waals surface area contributed by atoms with Crippen molar-refractivity contribution in [3.8, 4) is 11.3 Å². The molecule has 0 N–H and O–H groups in total. The SMILES string of the molecule is COC(=O)c1cn(C)c2cc(N3CCN(CCc4c(-c5c(Cl)cccc5Cl)noc4C(C)C)CC3)ccc12. The van der Waals surface area contributed by atoms with Crippen molar-refractivity contribution in [2.45, 2.75) is 26.2 Å². The number of carbonyl (C=O) groups is 1. The minimum Gasteiger partial charge on any atom is -0.465 e. The van der Waals surface area contributed by atoms with Crippen LogP contribution in [0.1, 0.15) is 41.4 Å². The van der Waals surface area contributed by atoms with E-state index in [0.717, 1.165) is 78.3 Å². The molecule has 1 fully saturated rings. The Morgan fingerprint density at radius 2 is 1.82 bits per heavy atom. The summed E-state index contributed by atoms with van der Waals surface area (Å²) >= 11 is 13.0. The van der Waals surface area contributed by atoms with Gasteiger partial charge in [0.25, 0.3) is 0 Å². The molecule has 1 saturated heterocycles. The standard InChI is InChI=1S/C29H32Cl2N4O3/c1-18(2)28-21(27(32-38-28)26-23(30)6-5-7-24(26)31)10-11-34-12-14-35(15-13-34)19-8-9-20-22(29(36)37-4)17-33(3)25(20)16-19/h5-9,16-18H,10-15H2,1-4H3. The minimum atomic E-state index is -0.314. The van der Waals surface area contributed by atoms with Gasteiger partial charge in [0.2, 0.25) is 0 Å². The molecule has 5 rings (SSSR count). The largest absolute Gasteiger partial charge is 0.465 e. The van der Waals surface area contributed by atoms with Crippen LogP contribution in [0.2, 0.25) is 10.0 Å². The average molecular weight is 556 g/mol. The molecule has 2 aromatic heterocycles. The first-order chi connectivity index (χ1) is 18.3. The number of hydrogen-bond donors (Lipinski definition) is 0. The summed E-state index contributed by atoms with van der Waals surface area (Å²) in [6.07, 6.45) is 2.64. The van der Waals surface area contributed by atoms with E-state index in [0.29, 0.717) is 15.6 Å². The average Bonchev–Trinajstić information content (AvgIpc) is 3.48. The number of esters is 1. The first-order valence-corrected chi connectivity index (χ1v) is 13.6. The van der Waals surface area contributed by atoms with E-state index in [1.807, 2.05) is 42.1 Å². The van der Waals surface area contributed by atoms with E-state index >= 15 is 0 Å². The first-order valence-electron chi connectivity index (χ1n) is 12.9. The molecule has 2 aromatic carbocycles. The molecule has 3 heterocycles. The lowest BCUT2D eigenvalue weighted by molar-refractivity contribution is 0.0602. The van der Waals surface area contributed by atoms with Crippen LogP contribution in [-0.4, -0.2) is 60.4 Å². The summed E-state index contributed by atoms with van der Waals surface area (Å²) in [6.45, 7) is 8.85. The second-order valence-electron chi connectivity index (χ2n) is 10.1. The molecule has 0 amide bonds. The maximum Gasteiger partial charge on any atom is 0.340 e. The summed E-state index contributed by atoms with van der Waals surface area (Å²) in [7, 11) is 3.37. The molecule has 0 saturated carbocycles. The van der Waals surface area contributed by atoms with Gasteiger partial charge in [-0.3, -0.25) is 4.90 Å². The van der Waals surface area contributed by atoms with Crippen molar-refractivity contribution >= 4 is 45.8 Å². The highest BCUT2D eigenvalue weighted by Gasteiger charge is 2.25. The fourth-order valence-corrected chi connectivity index (χ4v) is 5.86. The summed E-state index contributed by atoms with van der Waals surface area (Å²) in [6, 6.07) is 11.8. The Morgan fingerprint density at radius 3 is 2.47 bits per heavy atom. The molecule has 0 unspecified atom stereocenters. The molecule has 0 aliphatic carbocycles. The molecule has 38 heavy (non-hydrogen) atoms. The van der Waals surface area contributed by atoms with Gasteiger partial charge in [-0.2, -0.15) is 0 Å². The summed E-state index contributed by atoms with van der Waals surface area (Å²) in [5.41, 5.74) is 5.32. The van der Waals surface area contributed by atoms with Crippen LogP contribution < -0.4 is 4.90 Å². The number of hydrogen-bond acceptors (Lipinski definition) is 6. The summed E-state index contributed by atoms with van der Waals surface area (Å²) in [5.74, 6) is 0.777. The van der Waals surface area contributed by atoms with E-state index in [1.54, 1.807) is 0 Å². The van der Waals surface area contributed by atoms with Gasteiger partial charge >= 0.3 is 5.97 Å². The Bertz CT molecular complexity index is 1450. The molecular weight excluding hydrogens is 523 g/mol. The predicted molar refractivity (Wildman–Crippen MR) is 153 cm³/mol. The van der Waals surface area contributed by atoms with E-state index in [4.69, 9.17) is 32.5 Å². The van der Waals surface area contributed by atoms with E-state index < -0.39 is 0 Å². The van der Waals surface area contributed by atoms with Gasteiger partial charge in [-0.15, -0.1) is 0 Å². The fourth-order valence-electron chi connectivity index (χ4n) is 5.28. The molecule has 1 aliphatic heterocycles. The Kier molecular flexibility index (Phi) is 7.70. The third-order valence-corrected chi connectivity index (χ3v) is 7.97. The van der Waals surface area contributed by atoms with Gasteiger partial charge in [0.05, 0.1) is 28.2 Å². The number of halogens is 2. The lowest BCUT2D eigenvalue weighted by Gasteiger charge is -2.36. The number of methoxy groups -OCH3 is 1. The van der Waals surface area contributed by atoms with Crippen molar-refractivity contribution in [2.75, 3.05) is 44.7 Å². The number of anilines is 1. The second-order valence-corrected chi connectivity index (χ2v) is 10.9. The molecule has 0 atom stereocenters. The van der Waals surface area contributed by atoms with Crippen molar-refractivity contribution < 1.29 is 14.1 Å². The molecule has 0 bridgehead atoms. The van der Waals surface area contributed by atoms with E-state index in [2.05, 4.69) is 40.9 Å². The normalized spacial score (nSPS) is 14.6. The van der Waals surface area contributed by atoms with Crippen LogP contribution in [0.4, 0.5) is 5.69 Å². The minimum absolute atomic E-state index is 0.205. The van der Waals surface area contributed by atoms with Crippen molar-refractivity contribution in [3.63, 3.8) is 0 Å². The van der Waals surface area contributed by atoms with Gasteiger partial charge in [-0.25, -0.2) is 4.79 Å². The number of aryl methyl sites for hydroxylation is 1. The Balaban J connectivity index is 1.28. The highest BCUT2D eigenvalue weighted by Crippen LogP contribution is 2.38. The van der Waals surface area contributed by atoms with Gasteiger partial charge in [0, 0.05) is 74.1 Å². The lowest BCUT2D eigenvalue weighted by Crippen LogP contribution is -2.47. The maximum absolute atomic E-state index is 12.1. The van der Waals surface area contributed by atoms with Gasteiger partial charge in [0.15, 0.2) is 0 Å². The smallest absolute Gasteiger partial charge is 0.340 e. The summed E-state index contributed by atoms with van der Waals surface area (Å²) < 4.78 is 12.7. The summed E-state index contributed by atoms with van der Waals surface area (Å²) in [4.78, 5) is 17.0. The molecule has 0 radical (unpaired) electrons. The van der Waals surface area contributed by atoms with E-state index in [-0.39, 0.29) is 11.9 Å². The van der Waals surface area contributed by atoms with Crippen LogP contribution in [0, 0.1) is 0 Å². The quantitative estimate of drug-likeness (QED) is 0.246. The van der Waals surface area contributed by atoms with Crippen LogP contribution in [0.5, 0.6) is 0 Å². The van der Waals surface area contributed by atoms with Gasteiger partial charge in [-0.05, 0) is 36.8 Å². The highest BCUT2D eigenvalue weighted by molar-refractivity contribution is 6.39. The van der Waals surface area contributed by atoms with Gasteiger partial charge in [-0.1, -0.05) is 48.3 Å². The van der Waals surface area contributed by atoms with Crippen LogP contribution >= 0.6 is 23.2 Å². The van der Waals surface area contributed by atoms with Crippen molar-refractivity contribution in [2.24, 2.45) is 7.05 Å². The van der Waals surface area contributed by atoms with Crippen LogP contribution in [0.15, 0.2) is 47.1 Å². The molecule has 4 aromatic rings.